The number of carboxylic acids is 1. The molecule has 1 aromatic carbocycles. The van der Waals surface area contributed by atoms with Gasteiger partial charge in [0.05, 0.1) is 11.8 Å². The summed E-state index contributed by atoms with van der Waals surface area (Å²) >= 11 is 0. The topological polar surface area (TPSA) is 113 Å². The second-order valence-corrected chi connectivity index (χ2v) is 4.81. The van der Waals surface area contributed by atoms with E-state index in [1.54, 1.807) is 12.3 Å². The number of aliphatic imine (C=N–C) groups is 1. The molecular formula is C10H11NO6S. The number of carbonyl (C=O) groups is 1. The average Bonchev–Trinajstić information content (AvgIpc) is 2.26. The third-order valence-electron chi connectivity index (χ3n) is 1.75. The van der Waals surface area contributed by atoms with Crippen LogP contribution in [0.2, 0.25) is 0 Å². The Morgan fingerprint density at radius 3 is 2.61 bits per heavy atom. The van der Waals surface area contributed by atoms with Crippen LogP contribution in [0.15, 0.2) is 23.2 Å². The molecule has 1 heterocycles. The number of rotatable bonds is 1. The van der Waals surface area contributed by atoms with Crippen LogP contribution in [0.4, 0.5) is 5.69 Å². The summed E-state index contributed by atoms with van der Waals surface area (Å²) in [5.74, 6) is -0.323. The lowest BCUT2D eigenvalue weighted by molar-refractivity contribution is 0.0697. The molecule has 18 heavy (non-hydrogen) atoms. The Balaban J connectivity index is 0.000000280. The van der Waals surface area contributed by atoms with Gasteiger partial charge in [0.25, 0.3) is 10.1 Å². The van der Waals surface area contributed by atoms with Gasteiger partial charge in [-0.05, 0) is 18.2 Å². The summed E-state index contributed by atoms with van der Waals surface area (Å²) in [7, 11) is -3.67. The minimum atomic E-state index is -3.67. The monoisotopic (exact) mass is 273 g/mol. The first-order valence-electron chi connectivity index (χ1n) is 4.72. The highest BCUT2D eigenvalue weighted by atomic mass is 32.2. The molecule has 0 spiro atoms. The van der Waals surface area contributed by atoms with Crippen LogP contribution >= 0.6 is 0 Å². The van der Waals surface area contributed by atoms with E-state index in [-0.39, 0.29) is 5.56 Å². The smallest absolute Gasteiger partial charge is 0.335 e. The van der Waals surface area contributed by atoms with Gasteiger partial charge < -0.3 is 9.84 Å². The second-order valence-electron chi connectivity index (χ2n) is 3.34. The summed E-state index contributed by atoms with van der Waals surface area (Å²) in [6, 6.07) is 4.62. The van der Waals surface area contributed by atoms with Gasteiger partial charge in [0.2, 0.25) is 0 Å². The van der Waals surface area contributed by atoms with E-state index in [2.05, 4.69) is 4.99 Å². The van der Waals surface area contributed by atoms with Crippen LogP contribution in [-0.4, -0.2) is 43.1 Å². The lowest BCUT2D eigenvalue weighted by atomic mass is 10.2. The number of benzene rings is 1. The predicted octanol–water partition coefficient (Wildman–Crippen LogP) is 0.984. The van der Waals surface area contributed by atoms with Crippen LogP contribution in [-0.2, 0) is 10.1 Å². The number of carboxylic acid groups (broad SMARTS) is 1. The van der Waals surface area contributed by atoms with Crippen LogP contribution in [0.25, 0.3) is 0 Å². The Morgan fingerprint density at radius 1 is 1.44 bits per heavy atom. The number of fused-ring (bicyclic) bond motifs is 1. The zero-order chi connectivity index (χ0) is 13.8. The number of hydrogen-bond acceptors (Lipinski definition) is 5. The molecule has 2 N–H and O–H groups in total. The van der Waals surface area contributed by atoms with Gasteiger partial charge in [-0.3, -0.25) is 9.55 Å². The van der Waals surface area contributed by atoms with Gasteiger partial charge in [-0.25, -0.2) is 4.79 Å². The highest BCUT2D eigenvalue weighted by Crippen LogP contribution is 2.30. The van der Waals surface area contributed by atoms with Gasteiger partial charge in [0.15, 0.2) is 0 Å². The highest BCUT2D eigenvalue weighted by molar-refractivity contribution is 7.85. The zero-order valence-electron chi connectivity index (χ0n) is 9.40. The first-order valence-corrected chi connectivity index (χ1v) is 6.57. The van der Waals surface area contributed by atoms with Crippen molar-refractivity contribution in [2.24, 2.45) is 4.99 Å². The van der Waals surface area contributed by atoms with Crippen LogP contribution < -0.4 is 4.74 Å². The average molecular weight is 273 g/mol. The van der Waals surface area contributed by atoms with Crippen molar-refractivity contribution in [3.05, 3.63) is 23.8 Å². The van der Waals surface area contributed by atoms with Crippen molar-refractivity contribution in [2.75, 3.05) is 12.9 Å². The molecule has 0 radical (unpaired) electrons. The number of hydrogen-bond donors (Lipinski definition) is 2. The zero-order valence-corrected chi connectivity index (χ0v) is 10.2. The highest BCUT2D eigenvalue weighted by Gasteiger charge is 2.10. The summed E-state index contributed by atoms with van der Waals surface area (Å²) in [5.41, 5.74) is 0.799. The second kappa shape index (κ2) is 5.61. The molecule has 0 atom stereocenters. The van der Waals surface area contributed by atoms with Crippen LogP contribution in [0.3, 0.4) is 0 Å². The predicted molar refractivity (Wildman–Crippen MR) is 64.5 cm³/mol. The van der Waals surface area contributed by atoms with Crippen molar-refractivity contribution < 1.29 is 27.6 Å². The van der Waals surface area contributed by atoms with Gasteiger partial charge in [-0.15, -0.1) is 0 Å². The van der Waals surface area contributed by atoms with E-state index in [1.807, 2.05) is 0 Å². The van der Waals surface area contributed by atoms with Crippen LogP contribution in [0, 0.1) is 0 Å². The molecule has 0 saturated carbocycles. The van der Waals surface area contributed by atoms with E-state index < -0.39 is 16.1 Å². The number of aromatic carboxylic acids is 1. The van der Waals surface area contributed by atoms with E-state index in [0.29, 0.717) is 24.3 Å². The maximum absolute atomic E-state index is 10.6. The standard InChI is InChI=1S/C9H7NO3.CH4O3S/c11-9(12)6-1-2-8-7(5-6)10-3-4-13-8;1-5(2,3)4/h1-3,5H,4H2,(H,11,12);1H3,(H,2,3,4). The van der Waals surface area contributed by atoms with Gasteiger partial charge >= 0.3 is 5.97 Å². The van der Waals surface area contributed by atoms with Crippen LogP contribution in [0.5, 0.6) is 5.75 Å². The largest absolute Gasteiger partial charge is 0.486 e. The Morgan fingerprint density at radius 2 is 2.06 bits per heavy atom. The van der Waals surface area contributed by atoms with E-state index >= 15 is 0 Å². The summed E-state index contributed by atoms with van der Waals surface area (Å²) in [4.78, 5) is 14.6. The van der Waals surface area contributed by atoms with Crippen molar-refractivity contribution in [1.29, 1.82) is 0 Å². The maximum atomic E-state index is 10.6. The Labute approximate surface area is 103 Å². The fourth-order valence-corrected chi connectivity index (χ4v) is 1.14. The summed E-state index contributed by atoms with van der Waals surface area (Å²) in [6.45, 7) is 0.444. The molecule has 0 aliphatic carbocycles. The molecule has 1 aliphatic rings. The Kier molecular flexibility index (Phi) is 4.40. The quantitative estimate of drug-likeness (QED) is 0.737. The fourth-order valence-electron chi connectivity index (χ4n) is 1.14. The molecule has 98 valence electrons. The third kappa shape index (κ3) is 4.93. The Bertz CT molecular complexity index is 570. The minimum absolute atomic E-state index is 0.224. The van der Waals surface area contributed by atoms with Gasteiger partial charge in [0.1, 0.15) is 18.0 Å². The summed E-state index contributed by atoms with van der Waals surface area (Å²) in [5, 5.41) is 8.69. The maximum Gasteiger partial charge on any atom is 0.335 e. The van der Waals surface area contributed by atoms with E-state index in [1.165, 1.54) is 12.1 Å². The summed E-state index contributed by atoms with van der Waals surface area (Å²) in [6.07, 6.45) is 2.32. The lowest BCUT2D eigenvalue weighted by Crippen LogP contribution is -2.04. The SMILES string of the molecule is CS(=O)(=O)O.O=C(O)c1ccc2c(c1)N=CCO2. The summed E-state index contributed by atoms with van der Waals surface area (Å²) < 4.78 is 31.1. The molecular weight excluding hydrogens is 262 g/mol. The Hall–Kier alpha value is -1.93. The molecule has 0 amide bonds. The molecule has 0 saturated heterocycles. The number of ether oxygens (including phenoxy) is 1. The molecule has 7 nitrogen and oxygen atoms in total. The van der Waals surface area contributed by atoms with Crippen molar-refractivity contribution >= 4 is 28.0 Å². The van der Waals surface area contributed by atoms with E-state index in [9.17, 15) is 13.2 Å². The molecule has 1 aliphatic heterocycles. The first-order chi connectivity index (χ1) is 8.27. The fraction of sp³-hybridized carbons (Fsp3) is 0.200. The van der Waals surface area contributed by atoms with Crippen LogP contribution in [0.1, 0.15) is 10.4 Å². The lowest BCUT2D eigenvalue weighted by Gasteiger charge is -2.11. The third-order valence-corrected chi connectivity index (χ3v) is 1.75. The van der Waals surface area contributed by atoms with E-state index in [4.69, 9.17) is 14.4 Å². The normalized spacial score (nSPS) is 12.8. The molecule has 0 bridgehead atoms. The molecule has 1 aromatic rings. The molecule has 0 aromatic heterocycles. The van der Waals surface area contributed by atoms with Gasteiger partial charge in [-0.2, -0.15) is 8.42 Å². The molecule has 0 fully saturated rings. The minimum Gasteiger partial charge on any atom is -0.486 e. The van der Waals surface area contributed by atoms with Crippen molar-refractivity contribution in [2.45, 2.75) is 0 Å². The van der Waals surface area contributed by atoms with Gasteiger partial charge in [-0.1, -0.05) is 0 Å². The first kappa shape index (κ1) is 14.1. The number of nitrogens with zero attached hydrogens (tertiary/aromatic N) is 1. The molecule has 0 unspecified atom stereocenters. The van der Waals surface area contributed by atoms with Gasteiger partial charge in [0, 0.05) is 6.21 Å². The molecule has 2 rings (SSSR count). The van der Waals surface area contributed by atoms with Crippen molar-refractivity contribution in [3.63, 3.8) is 0 Å². The van der Waals surface area contributed by atoms with Crippen molar-refractivity contribution in [3.8, 4) is 5.75 Å². The van der Waals surface area contributed by atoms with Crippen molar-refractivity contribution in [1.82, 2.24) is 0 Å². The molecule has 8 heteroatoms. The van der Waals surface area contributed by atoms with E-state index in [0.717, 1.165) is 0 Å².